The third kappa shape index (κ3) is 6.82. The number of hydrogen-bond acceptors (Lipinski definition) is 3. The molecule has 2 fully saturated rings. The summed E-state index contributed by atoms with van der Waals surface area (Å²) in [6.07, 6.45) is 7.15. The highest BCUT2D eigenvalue weighted by atomic mass is 19.1. The van der Waals surface area contributed by atoms with E-state index in [1.807, 2.05) is 25.1 Å². The van der Waals surface area contributed by atoms with Gasteiger partial charge in [-0.1, -0.05) is 58.7 Å². The van der Waals surface area contributed by atoms with Crippen LogP contribution in [0, 0.1) is 17.2 Å². The molecule has 5 nitrogen and oxygen atoms in total. The van der Waals surface area contributed by atoms with Gasteiger partial charge in [0.25, 0.3) is 0 Å². The van der Waals surface area contributed by atoms with Crippen LogP contribution < -0.4 is 10.1 Å². The molecule has 2 aliphatic rings. The van der Waals surface area contributed by atoms with Crippen LogP contribution in [0.5, 0.6) is 5.75 Å². The smallest absolute Gasteiger partial charge is 0.310 e. The lowest BCUT2D eigenvalue weighted by Crippen LogP contribution is -2.38. The average Bonchev–Trinajstić information content (AvgIpc) is 3.30. The first-order chi connectivity index (χ1) is 18.5. The minimum atomic E-state index is -0.904. The van der Waals surface area contributed by atoms with Crippen LogP contribution in [0.25, 0.3) is 11.1 Å². The molecular formula is C33H44FNO4. The molecule has 0 saturated heterocycles. The molecule has 0 bridgehead atoms. The van der Waals surface area contributed by atoms with Gasteiger partial charge in [-0.15, -0.1) is 0 Å². The quantitative estimate of drug-likeness (QED) is 0.306. The fourth-order valence-corrected chi connectivity index (χ4v) is 5.92. The molecule has 2 aromatic rings. The van der Waals surface area contributed by atoms with Crippen molar-refractivity contribution < 1.29 is 23.8 Å². The molecule has 39 heavy (non-hydrogen) atoms. The molecule has 1 amide bonds. The van der Waals surface area contributed by atoms with Gasteiger partial charge in [-0.05, 0) is 85.3 Å². The minimum Gasteiger partial charge on any atom is -0.490 e. The van der Waals surface area contributed by atoms with E-state index in [4.69, 9.17) is 4.74 Å². The highest BCUT2D eigenvalue weighted by molar-refractivity contribution is 5.80. The Hall–Kier alpha value is -2.89. The largest absolute Gasteiger partial charge is 0.490 e. The number of carbonyl (C=O) groups excluding carboxylic acids is 1. The van der Waals surface area contributed by atoms with Crippen molar-refractivity contribution in [2.75, 3.05) is 0 Å². The van der Waals surface area contributed by atoms with Crippen LogP contribution in [-0.2, 0) is 9.59 Å². The van der Waals surface area contributed by atoms with Gasteiger partial charge in [-0.2, -0.15) is 0 Å². The molecule has 4 rings (SSSR count). The van der Waals surface area contributed by atoms with Gasteiger partial charge in [0.1, 0.15) is 17.7 Å². The van der Waals surface area contributed by atoms with Crippen molar-refractivity contribution in [1.82, 2.24) is 5.32 Å². The minimum absolute atomic E-state index is 0.0480. The Kier molecular flexibility index (Phi) is 9.03. The summed E-state index contributed by atoms with van der Waals surface area (Å²) in [6, 6.07) is 10.7. The number of halogens is 1. The van der Waals surface area contributed by atoms with Crippen molar-refractivity contribution in [2.45, 2.75) is 110 Å². The Morgan fingerprint density at radius 1 is 1.10 bits per heavy atom. The summed E-state index contributed by atoms with van der Waals surface area (Å²) in [6.45, 7) is 10.2. The first kappa shape index (κ1) is 29.1. The molecule has 0 heterocycles. The number of carboxylic acids is 1. The second kappa shape index (κ2) is 12.1. The zero-order chi connectivity index (χ0) is 28.3. The molecule has 0 aromatic heterocycles. The number of aliphatic carboxylic acids is 1. The van der Waals surface area contributed by atoms with E-state index in [1.54, 1.807) is 19.1 Å². The average molecular weight is 538 g/mol. The van der Waals surface area contributed by atoms with E-state index >= 15 is 4.39 Å². The summed E-state index contributed by atoms with van der Waals surface area (Å²) in [4.78, 5) is 24.6. The Morgan fingerprint density at radius 2 is 1.85 bits per heavy atom. The maximum absolute atomic E-state index is 15.1. The van der Waals surface area contributed by atoms with E-state index in [9.17, 15) is 14.7 Å². The third-order valence-electron chi connectivity index (χ3n) is 9.02. The number of amides is 1. The lowest BCUT2D eigenvalue weighted by molar-refractivity contribution is -0.138. The molecule has 4 atom stereocenters. The number of hydrogen-bond donors (Lipinski definition) is 2. The lowest BCUT2D eigenvalue weighted by Gasteiger charge is -2.29. The monoisotopic (exact) mass is 537 g/mol. The normalized spacial score (nSPS) is 21.2. The number of benzene rings is 2. The predicted octanol–water partition coefficient (Wildman–Crippen LogP) is 7.83. The summed E-state index contributed by atoms with van der Waals surface area (Å²) < 4.78 is 21.7. The maximum atomic E-state index is 15.1. The summed E-state index contributed by atoms with van der Waals surface area (Å²) in [5, 5.41) is 12.9. The highest BCUT2D eigenvalue weighted by Gasteiger charge is 2.32. The molecule has 0 spiro atoms. The molecule has 2 aromatic carbocycles. The Labute approximate surface area is 232 Å². The van der Waals surface area contributed by atoms with Gasteiger partial charge in [-0.3, -0.25) is 9.59 Å². The van der Waals surface area contributed by atoms with Crippen molar-refractivity contribution in [1.29, 1.82) is 0 Å². The molecule has 2 N–H and O–H groups in total. The summed E-state index contributed by atoms with van der Waals surface area (Å²) in [5.74, 6) is -0.960. The van der Waals surface area contributed by atoms with Gasteiger partial charge < -0.3 is 15.2 Å². The van der Waals surface area contributed by atoms with Crippen LogP contribution in [0.3, 0.4) is 0 Å². The Balaban J connectivity index is 1.54. The number of rotatable bonds is 11. The summed E-state index contributed by atoms with van der Waals surface area (Å²) >= 11 is 0. The standard InChI is InChI=1S/C33H44FNO4/c1-6-33(4,5)19-20(2)31(36)35-24-14-15-25(18-24)39-29-16-13-23(21(3)32(37)38)17-27(29)26-11-8-12-28(34)30(26)22-9-7-10-22/h8,11-13,16-17,20-22,24-25H,6-7,9-10,14-15,18-19H2,1-5H3,(H,35,36)(H,37,38)/t20-,21+,24+,25+/m0/s1. The van der Waals surface area contributed by atoms with Gasteiger partial charge in [0.2, 0.25) is 5.91 Å². The molecule has 2 saturated carbocycles. The molecule has 0 unspecified atom stereocenters. The second-order valence-electron chi connectivity index (χ2n) is 12.5. The molecule has 0 radical (unpaired) electrons. The van der Waals surface area contributed by atoms with Gasteiger partial charge in [0.15, 0.2) is 0 Å². The Bertz CT molecular complexity index is 1190. The van der Waals surface area contributed by atoms with Gasteiger partial charge >= 0.3 is 5.97 Å². The fraction of sp³-hybridized carbons (Fsp3) is 0.576. The van der Waals surface area contributed by atoms with E-state index < -0.39 is 11.9 Å². The maximum Gasteiger partial charge on any atom is 0.310 e. The van der Waals surface area contributed by atoms with Crippen LogP contribution in [-0.4, -0.2) is 29.1 Å². The first-order valence-electron chi connectivity index (χ1n) is 14.6. The van der Waals surface area contributed by atoms with Crippen molar-refractivity contribution in [2.24, 2.45) is 11.3 Å². The van der Waals surface area contributed by atoms with Crippen molar-refractivity contribution in [3.05, 3.63) is 53.3 Å². The lowest BCUT2D eigenvalue weighted by atomic mass is 9.76. The van der Waals surface area contributed by atoms with E-state index in [2.05, 4.69) is 26.1 Å². The van der Waals surface area contributed by atoms with Crippen LogP contribution in [0.4, 0.5) is 4.39 Å². The second-order valence-corrected chi connectivity index (χ2v) is 12.5. The third-order valence-corrected chi connectivity index (χ3v) is 9.02. The highest BCUT2D eigenvalue weighted by Crippen LogP contribution is 2.45. The number of ether oxygens (including phenoxy) is 1. The Morgan fingerprint density at radius 3 is 2.49 bits per heavy atom. The van der Waals surface area contributed by atoms with Crippen molar-refractivity contribution in [3.63, 3.8) is 0 Å². The van der Waals surface area contributed by atoms with Crippen LogP contribution in [0.15, 0.2) is 36.4 Å². The van der Waals surface area contributed by atoms with Gasteiger partial charge in [-0.25, -0.2) is 4.39 Å². The predicted molar refractivity (Wildman–Crippen MR) is 153 cm³/mol. The zero-order valence-electron chi connectivity index (χ0n) is 24.1. The molecular weight excluding hydrogens is 493 g/mol. The zero-order valence-corrected chi connectivity index (χ0v) is 24.1. The summed E-state index contributed by atoms with van der Waals surface area (Å²) in [7, 11) is 0. The van der Waals surface area contributed by atoms with E-state index in [-0.39, 0.29) is 41.1 Å². The van der Waals surface area contributed by atoms with E-state index in [0.29, 0.717) is 23.3 Å². The van der Waals surface area contributed by atoms with Gasteiger partial charge in [0, 0.05) is 23.9 Å². The number of nitrogens with one attached hydrogen (secondary N) is 1. The molecule has 0 aliphatic heterocycles. The van der Waals surface area contributed by atoms with Crippen molar-refractivity contribution in [3.8, 4) is 16.9 Å². The summed E-state index contributed by atoms with van der Waals surface area (Å²) in [5.41, 5.74) is 3.02. The molecule has 2 aliphatic carbocycles. The fourth-order valence-electron chi connectivity index (χ4n) is 5.92. The molecule has 6 heteroatoms. The first-order valence-corrected chi connectivity index (χ1v) is 14.6. The number of carboxylic acid groups (broad SMARTS) is 1. The van der Waals surface area contributed by atoms with Crippen LogP contribution in [0.1, 0.15) is 109 Å². The van der Waals surface area contributed by atoms with E-state index in [1.165, 1.54) is 6.07 Å². The van der Waals surface area contributed by atoms with Gasteiger partial charge in [0.05, 0.1) is 5.92 Å². The number of carbonyl (C=O) groups is 2. The molecule has 212 valence electrons. The van der Waals surface area contributed by atoms with Crippen LogP contribution >= 0.6 is 0 Å². The topological polar surface area (TPSA) is 75.6 Å². The van der Waals surface area contributed by atoms with E-state index in [0.717, 1.165) is 56.1 Å². The SMILES string of the molecule is CCC(C)(C)C[C@H](C)C(=O)N[C@@H]1CC[C@@H](Oc2ccc([C@@H](C)C(=O)O)cc2-c2cccc(F)c2C2CCC2)C1. The van der Waals surface area contributed by atoms with Crippen molar-refractivity contribution >= 4 is 11.9 Å². The van der Waals surface area contributed by atoms with Crippen LogP contribution in [0.2, 0.25) is 0 Å².